The number of rotatable bonds is 4. The summed E-state index contributed by atoms with van der Waals surface area (Å²) >= 11 is 3.47. The molecule has 2 atom stereocenters. The number of pyridine rings is 1. The Bertz CT molecular complexity index is 782. The lowest BCUT2D eigenvalue weighted by Crippen LogP contribution is -2.49. The molecule has 1 aliphatic heterocycles. The summed E-state index contributed by atoms with van der Waals surface area (Å²) in [6.07, 6.45) is 0.104. The van der Waals surface area contributed by atoms with E-state index in [1.807, 2.05) is 6.92 Å². The van der Waals surface area contributed by atoms with Crippen molar-refractivity contribution >= 4 is 28.0 Å². The zero-order valence-electron chi connectivity index (χ0n) is 15.7. The maximum atomic E-state index is 11.9. The zero-order chi connectivity index (χ0) is 19.9. The quantitative estimate of drug-likeness (QED) is 0.564. The number of halogens is 1. The summed E-state index contributed by atoms with van der Waals surface area (Å²) in [4.78, 5) is 29.2. The number of ether oxygens (including phenoxy) is 3. The number of carbonyl (C=O) groups excluding carboxylic acids is 1. The number of aromatic nitrogens is 1. The van der Waals surface area contributed by atoms with Crippen LogP contribution < -0.4 is 4.74 Å². The fourth-order valence-corrected chi connectivity index (χ4v) is 4.37. The lowest BCUT2D eigenvalue weighted by Gasteiger charge is -2.30. The number of amides is 1. The van der Waals surface area contributed by atoms with Gasteiger partial charge < -0.3 is 19.3 Å². The summed E-state index contributed by atoms with van der Waals surface area (Å²) in [5.74, 6) is -0.0211. The third-order valence-electron chi connectivity index (χ3n) is 5.21. The topological polar surface area (TPSA) is 98.2 Å². The molecule has 0 radical (unpaired) electrons. The van der Waals surface area contributed by atoms with E-state index < -0.39 is 17.9 Å². The SMILES string of the molecule is COC(=O)C1Cc2c(Br)nc(OC[C@H]3COC(C)(C)N3C(=O)O)c(C)c2C1. The van der Waals surface area contributed by atoms with E-state index in [1.54, 1.807) is 13.8 Å². The molecular formula is C18H23BrN2O6. The van der Waals surface area contributed by atoms with Gasteiger partial charge >= 0.3 is 12.1 Å². The summed E-state index contributed by atoms with van der Waals surface area (Å²) in [6, 6.07) is -0.423. The Morgan fingerprint density at radius 2 is 2.04 bits per heavy atom. The second-order valence-electron chi connectivity index (χ2n) is 7.29. The standard InChI is InChI=1S/C18H23BrN2O6/c1-9-12-5-10(16(22)25-4)6-13(12)14(19)20-15(9)26-7-11-8-27-18(2,3)21(11)17(23)24/h10-11H,5-8H2,1-4H3,(H,23,24)/t10?,11-/m0/s1. The minimum Gasteiger partial charge on any atom is -0.475 e. The highest BCUT2D eigenvalue weighted by molar-refractivity contribution is 9.10. The first-order valence-electron chi connectivity index (χ1n) is 8.70. The summed E-state index contributed by atoms with van der Waals surface area (Å²) in [6.45, 7) is 5.72. The van der Waals surface area contributed by atoms with Crippen molar-refractivity contribution in [3.8, 4) is 5.88 Å². The van der Waals surface area contributed by atoms with E-state index in [4.69, 9.17) is 14.2 Å². The number of fused-ring (bicyclic) bond motifs is 1. The van der Waals surface area contributed by atoms with Gasteiger partial charge in [0.05, 0.1) is 25.7 Å². The second kappa shape index (κ2) is 7.27. The van der Waals surface area contributed by atoms with Gasteiger partial charge in [-0.2, -0.15) is 0 Å². The maximum absolute atomic E-state index is 11.9. The summed E-state index contributed by atoms with van der Waals surface area (Å²) in [5.41, 5.74) is 1.99. The molecular weight excluding hydrogens is 420 g/mol. The van der Waals surface area contributed by atoms with Crippen molar-refractivity contribution in [2.75, 3.05) is 20.3 Å². The van der Waals surface area contributed by atoms with E-state index in [1.165, 1.54) is 12.0 Å². The molecule has 1 amide bonds. The van der Waals surface area contributed by atoms with Crippen molar-refractivity contribution in [2.45, 2.75) is 45.4 Å². The normalized spacial score (nSPS) is 23.2. The number of hydrogen-bond acceptors (Lipinski definition) is 6. The fourth-order valence-electron chi connectivity index (χ4n) is 3.81. The minimum absolute atomic E-state index is 0.134. The molecule has 2 aliphatic rings. The third kappa shape index (κ3) is 3.62. The van der Waals surface area contributed by atoms with Gasteiger partial charge in [0.2, 0.25) is 5.88 Å². The van der Waals surface area contributed by atoms with Crippen LogP contribution in [0.4, 0.5) is 4.79 Å². The molecule has 3 rings (SSSR count). The first kappa shape index (κ1) is 19.9. The van der Waals surface area contributed by atoms with Gasteiger partial charge in [0.15, 0.2) is 0 Å². The van der Waals surface area contributed by atoms with Gasteiger partial charge in [-0.05, 0) is 60.7 Å². The second-order valence-corrected chi connectivity index (χ2v) is 8.04. The molecule has 148 valence electrons. The minimum atomic E-state index is -1.05. The highest BCUT2D eigenvalue weighted by atomic mass is 79.9. The predicted molar refractivity (Wildman–Crippen MR) is 98.8 cm³/mol. The maximum Gasteiger partial charge on any atom is 0.410 e. The number of carbonyl (C=O) groups is 2. The Morgan fingerprint density at radius 1 is 1.37 bits per heavy atom. The monoisotopic (exact) mass is 442 g/mol. The van der Waals surface area contributed by atoms with Crippen molar-refractivity contribution in [1.29, 1.82) is 0 Å². The number of esters is 1. The van der Waals surface area contributed by atoms with Crippen molar-refractivity contribution < 1.29 is 28.9 Å². The number of carboxylic acid groups (broad SMARTS) is 1. The van der Waals surface area contributed by atoms with E-state index in [0.29, 0.717) is 23.3 Å². The van der Waals surface area contributed by atoms with Crippen LogP contribution in [0.3, 0.4) is 0 Å². The predicted octanol–water partition coefficient (Wildman–Crippen LogP) is 2.53. The molecule has 1 N–H and O–H groups in total. The first-order valence-corrected chi connectivity index (χ1v) is 9.49. The molecule has 1 unspecified atom stereocenters. The molecule has 1 aromatic heterocycles. The summed E-state index contributed by atoms with van der Waals surface area (Å²) in [7, 11) is 1.39. The highest BCUT2D eigenvalue weighted by Gasteiger charge is 2.44. The Labute approximate surface area is 165 Å². The molecule has 1 saturated heterocycles. The molecule has 0 saturated carbocycles. The molecule has 1 aliphatic carbocycles. The number of methoxy groups -OCH3 is 1. The van der Waals surface area contributed by atoms with Crippen LogP contribution in [0.1, 0.15) is 30.5 Å². The average molecular weight is 443 g/mol. The van der Waals surface area contributed by atoms with Crippen molar-refractivity contribution in [1.82, 2.24) is 9.88 Å². The molecule has 9 heteroatoms. The lowest BCUT2D eigenvalue weighted by atomic mass is 10.1. The van der Waals surface area contributed by atoms with Crippen molar-refractivity contribution in [2.24, 2.45) is 5.92 Å². The van der Waals surface area contributed by atoms with Crippen molar-refractivity contribution in [3.05, 3.63) is 21.3 Å². The molecule has 2 heterocycles. The smallest absolute Gasteiger partial charge is 0.410 e. The average Bonchev–Trinajstić information content (AvgIpc) is 3.17. The Kier molecular flexibility index (Phi) is 5.36. The largest absolute Gasteiger partial charge is 0.475 e. The lowest BCUT2D eigenvalue weighted by molar-refractivity contribution is -0.145. The molecule has 1 fully saturated rings. The Morgan fingerprint density at radius 3 is 2.67 bits per heavy atom. The summed E-state index contributed by atoms with van der Waals surface area (Å²) < 4.78 is 17.0. The number of hydrogen-bond donors (Lipinski definition) is 1. The van der Waals surface area contributed by atoms with E-state index in [0.717, 1.165) is 16.7 Å². The van der Waals surface area contributed by atoms with Crippen LogP contribution in [0.5, 0.6) is 5.88 Å². The zero-order valence-corrected chi connectivity index (χ0v) is 17.3. The van der Waals surface area contributed by atoms with Crippen LogP contribution in [-0.2, 0) is 27.1 Å². The highest BCUT2D eigenvalue weighted by Crippen LogP contribution is 2.38. The Balaban J connectivity index is 1.77. The van der Waals surface area contributed by atoms with Gasteiger partial charge in [0.25, 0.3) is 0 Å². The van der Waals surface area contributed by atoms with Crippen LogP contribution in [0.2, 0.25) is 0 Å². The molecule has 8 nitrogen and oxygen atoms in total. The molecule has 0 aromatic carbocycles. The van der Waals surface area contributed by atoms with E-state index in [9.17, 15) is 14.7 Å². The van der Waals surface area contributed by atoms with Crippen LogP contribution in [0.15, 0.2) is 4.60 Å². The van der Waals surface area contributed by atoms with Crippen molar-refractivity contribution in [3.63, 3.8) is 0 Å². The summed E-state index contributed by atoms with van der Waals surface area (Å²) in [5, 5.41) is 9.47. The third-order valence-corrected chi connectivity index (χ3v) is 5.87. The number of nitrogens with zero attached hydrogens (tertiary/aromatic N) is 2. The molecule has 0 bridgehead atoms. The van der Waals surface area contributed by atoms with Gasteiger partial charge in [-0.15, -0.1) is 0 Å². The Hall–Kier alpha value is -1.87. The molecule has 27 heavy (non-hydrogen) atoms. The van der Waals surface area contributed by atoms with E-state index in [2.05, 4.69) is 20.9 Å². The first-order chi connectivity index (χ1) is 12.7. The van der Waals surface area contributed by atoms with Gasteiger partial charge in [-0.3, -0.25) is 9.69 Å². The van der Waals surface area contributed by atoms with E-state index in [-0.39, 0.29) is 25.1 Å². The molecule has 0 spiro atoms. The fraction of sp³-hybridized carbons (Fsp3) is 0.611. The van der Waals surface area contributed by atoms with Crippen LogP contribution in [0, 0.1) is 12.8 Å². The van der Waals surface area contributed by atoms with Gasteiger partial charge in [0, 0.05) is 5.56 Å². The van der Waals surface area contributed by atoms with Gasteiger partial charge in [-0.25, -0.2) is 9.78 Å². The molecule has 1 aromatic rings. The van der Waals surface area contributed by atoms with Gasteiger partial charge in [-0.1, -0.05) is 0 Å². The van der Waals surface area contributed by atoms with Crippen LogP contribution >= 0.6 is 15.9 Å². The van der Waals surface area contributed by atoms with E-state index >= 15 is 0 Å². The van der Waals surface area contributed by atoms with Crippen LogP contribution in [0.25, 0.3) is 0 Å². The van der Waals surface area contributed by atoms with Gasteiger partial charge in [0.1, 0.15) is 16.9 Å². The van der Waals surface area contributed by atoms with Crippen LogP contribution in [-0.4, -0.2) is 59.1 Å².